The molecule has 0 saturated carbocycles. The molecule has 1 heteroatoms. The van der Waals surface area contributed by atoms with Gasteiger partial charge in [-0.15, -0.1) is 11.3 Å². The first-order valence-corrected chi connectivity index (χ1v) is 8.60. The fourth-order valence-corrected chi connectivity index (χ4v) is 4.30. The first kappa shape index (κ1) is 13.6. The van der Waals surface area contributed by atoms with E-state index in [2.05, 4.69) is 55.6 Å². The monoisotopic (exact) mass is 282 g/mol. The average Bonchev–Trinajstić information content (AvgIpc) is 3.05. The van der Waals surface area contributed by atoms with E-state index in [9.17, 15) is 0 Å². The Morgan fingerprint density at radius 3 is 2.70 bits per heavy atom. The quantitative estimate of drug-likeness (QED) is 0.618. The summed E-state index contributed by atoms with van der Waals surface area (Å²) in [6.45, 7) is 4.56. The van der Waals surface area contributed by atoms with Crippen molar-refractivity contribution in [2.24, 2.45) is 0 Å². The second kappa shape index (κ2) is 5.97. The van der Waals surface area contributed by atoms with Crippen LogP contribution in [-0.4, -0.2) is 0 Å². The van der Waals surface area contributed by atoms with Crippen LogP contribution in [-0.2, 0) is 6.42 Å². The first-order valence-electron chi connectivity index (χ1n) is 7.72. The molecule has 0 amide bonds. The molecule has 104 valence electrons. The molecule has 1 aromatic heterocycles. The summed E-state index contributed by atoms with van der Waals surface area (Å²) in [5.41, 5.74) is 6.06. The number of fused-ring (bicyclic) bond motifs is 1. The Balaban J connectivity index is 2.02. The summed E-state index contributed by atoms with van der Waals surface area (Å²) in [4.78, 5) is 1.53. The fraction of sp³-hybridized carbons (Fsp3) is 0.368. The molecule has 0 spiro atoms. The minimum atomic E-state index is 0.602. The zero-order chi connectivity index (χ0) is 13.9. The third kappa shape index (κ3) is 2.35. The molecule has 1 unspecified atom stereocenters. The van der Waals surface area contributed by atoms with E-state index in [-0.39, 0.29) is 0 Å². The van der Waals surface area contributed by atoms with Gasteiger partial charge in [0.15, 0.2) is 0 Å². The highest BCUT2D eigenvalue weighted by Crippen LogP contribution is 2.46. The third-order valence-electron chi connectivity index (χ3n) is 4.16. The third-order valence-corrected chi connectivity index (χ3v) is 5.17. The van der Waals surface area contributed by atoms with Gasteiger partial charge < -0.3 is 0 Å². The van der Waals surface area contributed by atoms with Crippen LogP contribution in [0.3, 0.4) is 0 Å². The molecule has 1 heterocycles. The Kier molecular flexibility index (Phi) is 4.07. The Labute approximate surface area is 126 Å². The number of rotatable bonds is 5. The van der Waals surface area contributed by atoms with Crippen molar-refractivity contribution in [2.45, 2.75) is 45.4 Å². The van der Waals surface area contributed by atoms with Crippen LogP contribution in [0.25, 0.3) is 11.6 Å². The molecule has 0 saturated heterocycles. The molecule has 0 N–H and O–H groups in total. The Bertz CT molecular complexity index is 618. The summed E-state index contributed by atoms with van der Waals surface area (Å²) in [6, 6.07) is 11.2. The van der Waals surface area contributed by atoms with Gasteiger partial charge in [0.1, 0.15) is 0 Å². The van der Waals surface area contributed by atoms with Crippen molar-refractivity contribution in [2.75, 3.05) is 0 Å². The van der Waals surface area contributed by atoms with Gasteiger partial charge >= 0.3 is 0 Å². The lowest BCUT2D eigenvalue weighted by molar-refractivity contribution is 0.737. The predicted molar refractivity (Wildman–Crippen MR) is 90.3 cm³/mol. The van der Waals surface area contributed by atoms with Gasteiger partial charge in [0.05, 0.1) is 0 Å². The Morgan fingerprint density at radius 1 is 1.05 bits per heavy atom. The van der Waals surface area contributed by atoms with E-state index in [1.807, 2.05) is 11.3 Å². The van der Waals surface area contributed by atoms with Crippen molar-refractivity contribution in [1.82, 2.24) is 0 Å². The summed E-state index contributed by atoms with van der Waals surface area (Å²) in [6.07, 6.45) is 7.35. The lowest BCUT2D eigenvalue weighted by atomic mass is 9.89. The molecule has 0 aliphatic heterocycles. The van der Waals surface area contributed by atoms with Crippen molar-refractivity contribution in [3.63, 3.8) is 0 Å². The van der Waals surface area contributed by atoms with E-state index < -0.39 is 0 Å². The number of thiophene rings is 1. The number of benzene rings is 1. The maximum atomic E-state index is 2.43. The summed E-state index contributed by atoms with van der Waals surface area (Å²) < 4.78 is 0. The number of allylic oxidation sites excluding steroid dienone is 1. The van der Waals surface area contributed by atoms with Crippen LogP contribution in [0.4, 0.5) is 0 Å². The lowest BCUT2D eigenvalue weighted by Gasteiger charge is -2.16. The van der Waals surface area contributed by atoms with E-state index in [0.717, 1.165) is 0 Å². The number of hydrogen-bond acceptors (Lipinski definition) is 1. The standard InChI is InChI=1S/C19H22S/c1-3-7-14-11-12-20-19(14)18-13-15-9-5-6-10-16(15)17(18)8-4-2/h5-6,9-13,17H,3-4,7-8H2,1-2H3. The highest BCUT2D eigenvalue weighted by Gasteiger charge is 2.26. The van der Waals surface area contributed by atoms with Crippen LogP contribution >= 0.6 is 11.3 Å². The van der Waals surface area contributed by atoms with E-state index in [1.54, 1.807) is 5.57 Å². The van der Waals surface area contributed by atoms with Gasteiger partial charge in [-0.3, -0.25) is 0 Å². The van der Waals surface area contributed by atoms with Crippen LogP contribution in [0.1, 0.15) is 60.6 Å². The van der Waals surface area contributed by atoms with Gasteiger partial charge in [0.2, 0.25) is 0 Å². The molecule has 20 heavy (non-hydrogen) atoms. The Morgan fingerprint density at radius 2 is 1.90 bits per heavy atom. The van der Waals surface area contributed by atoms with Crippen molar-refractivity contribution < 1.29 is 0 Å². The number of aryl methyl sites for hydroxylation is 1. The normalized spacial score (nSPS) is 17.1. The largest absolute Gasteiger partial charge is 0.144 e. The zero-order valence-electron chi connectivity index (χ0n) is 12.4. The summed E-state index contributed by atoms with van der Waals surface area (Å²) in [5, 5.41) is 2.26. The maximum Gasteiger partial charge on any atom is 0.0340 e. The molecule has 2 aromatic rings. The lowest BCUT2D eigenvalue weighted by Crippen LogP contribution is -1.99. The molecular weight excluding hydrogens is 260 g/mol. The summed E-state index contributed by atoms with van der Waals surface area (Å²) in [5.74, 6) is 0.602. The SMILES string of the molecule is CCCc1ccsc1C1=Cc2ccccc2C1CCC. The minimum absolute atomic E-state index is 0.602. The molecule has 0 nitrogen and oxygen atoms in total. The maximum absolute atomic E-state index is 2.43. The van der Waals surface area contributed by atoms with Crippen LogP contribution in [0.2, 0.25) is 0 Å². The summed E-state index contributed by atoms with van der Waals surface area (Å²) >= 11 is 1.92. The molecule has 0 radical (unpaired) electrons. The molecule has 3 rings (SSSR count). The predicted octanol–water partition coefficient (Wildman–Crippen LogP) is 6.14. The molecular formula is C19H22S. The van der Waals surface area contributed by atoms with Crippen LogP contribution < -0.4 is 0 Å². The van der Waals surface area contributed by atoms with Gasteiger partial charge in [-0.1, -0.05) is 51.0 Å². The van der Waals surface area contributed by atoms with E-state index in [4.69, 9.17) is 0 Å². The Hall–Kier alpha value is -1.34. The second-order valence-corrected chi connectivity index (χ2v) is 6.51. The smallest absolute Gasteiger partial charge is 0.0340 e. The van der Waals surface area contributed by atoms with E-state index in [1.165, 1.54) is 47.3 Å². The van der Waals surface area contributed by atoms with Crippen LogP contribution in [0.15, 0.2) is 35.7 Å². The van der Waals surface area contributed by atoms with Gasteiger partial charge in [0.25, 0.3) is 0 Å². The zero-order valence-corrected chi connectivity index (χ0v) is 13.2. The molecule has 0 fully saturated rings. The van der Waals surface area contributed by atoms with Crippen LogP contribution in [0, 0.1) is 0 Å². The van der Waals surface area contributed by atoms with Gasteiger partial charge in [-0.05, 0) is 52.6 Å². The average molecular weight is 282 g/mol. The van der Waals surface area contributed by atoms with Crippen molar-refractivity contribution in [3.05, 3.63) is 57.3 Å². The van der Waals surface area contributed by atoms with E-state index >= 15 is 0 Å². The highest BCUT2D eigenvalue weighted by molar-refractivity contribution is 7.11. The molecule has 1 aliphatic carbocycles. The van der Waals surface area contributed by atoms with Crippen molar-refractivity contribution in [1.29, 1.82) is 0 Å². The first-order chi connectivity index (χ1) is 9.85. The molecule has 1 aliphatic rings. The van der Waals surface area contributed by atoms with Gasteiger partial charge in [-0.2, -0.15) is 0 Å². The summed E-state index contributed by atoms with van der Waals surface area (Å²) in [7, 11) is 0. The van der Waals surface area contributed by atoms with Crippen molar-refractivity contribution >= 4 is 23.0 Å². The molecule has 1 aromatic carbocycles. The highest BCUT2D eigenvalue weighted by atomic mass is 32.1. The molecule has 1 atom stereocenters. The van der Waals surface area contributed by atoms with Crippen LogP contribution in [0.5, 0.6) is 0 Å². The minimum Gasteiger partial charge on any atom is -0.144 e. The van der Waals surface area contributed by atoms with Crippen molar-refractivity contribution in [3.8, 4) is 0 Å². The molecule has 0 bridgehead atoms. The van der Waals surface area contributed by atoms with E-state index in [0.29, 0.717) is 5.92 Å². The topological polar surface area (TPSA) is 0 Å². The van der Waals surface area contributed by atoms with Gasteiger partial charge in [0, 0.05) is 10.8 Å². The second-order valence-electron chi connectivity index (χ2n) is 5.59. The fourth-order valence-electron chi connectivity index (χ4n) is 3.27. The van der Waals surface area contributed by atoms with Gasteiger partial charge in [-0.25, -0.2) is 0 Å². The number of hydrogen-bond donors (Lipinski definition) is 0.